The van der Waals surface area contributed by atoms with Crippen molar-refractivity contribution in [2.24, 2.45) is 0 Å². The van der Waals surface area contributed by atoms with Crippen molar-refractivity contribution in [2.45, 2.75) is 31.1 Å². The Morgan fingerprint density at radius 3 is 2.06 bits per heavy atom. The number of nitrogens with zero attached hydrogens (tertiary/aromatic N) is 1. The minimum absolute atomic E-state index is 0.0353. The number of sulfonamides is 1. The van der Waals surface area contributed by atoms with Crippen molar-refractivity contribution in [3.63, 3.8) is 0 Å². The van der Waals surface area contributed by atoms with Crippen LogP contribution in [0, 0.1) is 0 Å². The summed E-state index contributed by atoms with van der Waals surface area (Å²) in [5.74, 6) is 0.758. The first-order chi connectivity index (χ1) is 17.0. The van der Waals surface area contributed by atoms with Crippen molar-refractivity contribution in [1.29, 1.82) is 0 Å². The second kappa shape index (κ2) is 11.7. The molecule has 0 saturated heterocycles. The fraction of sp³-hybridized carbons (Fsp3) is 0.296. The Morgan fingerprint density at radius 1 is 0.917 bits per heavy atom. The van der Waals surface area contributed by atoms with Gasteiger partial charge in [-0.25, -0.2) is 8.42 Å². The Morgan fingerprint density at radius 2 is 1.50 bits per heavy atom. The number of ether oxygens (including phenoxy) is 2. The average molecular weight is 531 g/mol. The number of hydrogen-bond donors (Lipinski definition) is 1. The van der Waals surface area contributed by atoms with E-state index < -0.39 is 22.5 Å². The summed E-state index contributed by atoms with van der Waals surface area (Å²) >= 11 is 5.98. The summed E-state index contributed by atoms with van der Waals surface area (Å²) in [6.07, 6.45) is 0. The lowest BCUT2D eigenvalue weighted by Crippen LogP contribution is -2.41. The van der Waals surface area contributed by atoms with E-state index in [0.29, 0.717) is 22.2 Å². The molecule has 0 aliphatic carbocycles. The van der Waals surface area contributed by atoms with Gasteiger partial charge in [0.15, 0.2) is 0 Å². The molecule has 0 aromatic heterocycles. The van der Waals surface area contributed by atoms with Crippen LogP contribution in [-0.4, -0.2) is 41.1 Å². The number of anilines is 1. The quantitative estimate of drug-likeness (QED) is 0.371. The monoisotopic (exact) mass is 530 g/mol. The van der Waals surface area contributed by atoms with Crippen molar-refractivity contribution in [2.75, 3.05) is 31.1 Å². The number of amides is 1. The molecule has 36 heavy (non-hydrogen) atoms. The van der Waals surface area contributed by atoms with Crippen LogP contribution in [0.25, 0.3) is 0 Å². The summed E-state index contributed by atoms with van der Waals surface area (Å²) in [5, 5.41) is 3.18. The molecule has 0 heterocycles. The lowest BCUT2D eigenvalue weighted by molar-refractivity contribution is -0.119. The van der Waals surface area contributed by atoms with Crippen molar-refractivity contribution < 1.29 is 22.7 Å². The average Bonchev–Trinajstić information content (AvgIpc) is 2.85. The van der Waals surface area contributed by atoms with Crippen molar-refractivity contribution >= 4 is 33.2 Å². The third-order valence-electron chi connectivity index (χ3n) is 5.46. The maximum absolute atomic E-state index is 13.4. The van der Waals surface area contributed by atoms with Crippen molar-refractivity contribution in [3.8, 4) is 11.5 Å². The van der Waals surface area contributed by atoms with Gasteiger partial charge in [-0.15, -0.1) is 0 Å². The van der Waals surface area contributed by atoms with E-state index in [2.05, 4.69) is 26.1 Å². The van der Waals surface area contributed by atoms with E-state index in [1.807, 2.05) is 24.3 Å². The molecule has 0 saturated carbocycles. The number of nitrogens with one attached hydrogen (secondary N) is 1. The van der Waals surface area contributed by atoms with Crippen LogP contribution in [0.4, 0.5) is 5.69 Å². The second-order valence-corrected chi connectivity index (χ2v) is 11.4. The normalized spacial score (nSPS) is 11.6. The van der Waals surface area contributed by atoms with Gasteiger partial charge in [-0.2, -0.15) is 0 Å². The molecule has 0 aliphatic heterocycles. The van der Waals surface area contributed by atoms with Gasteiger partial charge in [0.05, 0.1) is 24.2 Å². The maximum Gasteiger partial charge on any atom is 0.264 e. The Labute approximate surface area is 218 Å². The van der Waals surface area contributed by atoms with Gasteiger partial charge in [-0.05, 0) is 71.6 Å². The molecule has 1 amide bonds. The lowest BCUT2D eigenvalue weighted by atomic mass is 9.87. The van der Waals surface area contributed by atoms with Crippen LogP contribution >= 0.6 is 11.6 Å². The fourth-order valence-electron chi connectivity index (χ4n) is 3.39. The van der Waals surface area contributed by atoms with E-state index in [1.54, 1.807) is 36.4 Å². The maximum atomic E-state index is 13.4. The van der Waals surface area contributed by atoms with Crippen LogP contribution in [0.2, 0.25) is 5.02 Å². The summed E-state index contributed by atoms with van der Waals surface area (Å²) in [5.41, 5.74) is 1.57. The Hall–Kier alpha value is -3.23. The highest BCUT2D eigenvalue weighted by Crippen LogP contribution is 2.27. The molecular weight excluding hydrogens is 500 g/mol. The predicted molar refractivity (Wildman–Crippen MR) is 143 cm³/mol. The number of carbonyl (C=O) groups is 1. The number of halogens is 1. The Kier molecular flexibility index (Phi) is 8.87. The predicted octanol–water partition coefficient (Wildman–Crippen LogP) is 5.04. The van der Waals surface area contributed by atoms with E-state index in [4.69, 9.17) is 21.1 Å². The standard InChI is InChI=1S/C27H31ClN2O5S/c1-27(2,3)20-5-11-24(12-6-20)35-18-17-29-26(31)19-30(22-9-7-21(28)8-10-22)36(32,33)25-15-13-23(34-4)14-16-25/h5-16H,17-19H2,1-4H3,(H,29,31). The summed E-state index contributed by atoms with van der Waals surface area (Å²) < 4.78 is 38.7. The Balaban J connectivity index is 1.66. The van der Waals surface area contributed by atoms with Crippen molar-refractivity contribution in [3.05, 3.63) is 83.4 Å². The zero-order chi connectivity index (χ0) is 26.3. The van der Waals surface area contributed by atoms with Gasteiger partial charge in [0.25, 0.3) is 10.0 Å². The largest absolute Gasteiger partial charge is 0.497 e. The first kappa shape index (κ1) is 27.4. The van der Waals surface area contributed by atoms with Crippen LogP contribution in [0.15, 0.2) is 77.7 Å². The zero-order valence-corrected chi connectivity index (χ0v) is 22.4. The molecule has 0 atom stereocenters. The molecule has 0 aliphatic rings. The van der Waals surface area contributed by atoms with Crippen LogP contribution in [-0.2, 0) is 20.2 Å². The van der Waals surface area contributed by atoms with Gasteiger partial charge in [0.2, 0.25) is 5.91 Å². The molecule has 7 nitrogen and oxygen atoms in total. The number of rotatable bonds is 10. The molecule has 3 aromatic rings. The third-order valence-corrected chi connectivity index (χ3v) is 7.50. The molecule has 192 valence electrons. The summed E-state index contributed by atoms with van der Waals surface area (Å²) in [7, 11) is -2.54. The first-order valence-corrected chi connectivity index (χ1v) is 13.2. The third kappa shape index (κ3) is 7.15. The highest BCUT2D eigenvalue weighted by atomic mass is 35.5. The molecule has 0 radical (unpaired) electrons. The molecule has 0 spiro atoms. The fourth-order valence-corrected chi connectivity index (χ4v) is 4.94. The lowest BCUT2D eigenvalue weighted by Gasteiger charge is -2.24. The molecular formula is C27H31ClN2O5S. The first-order valence-electron chi connectivity index (χ1n) is 11.4. The number of methoxy groups -OCH3 is 1. The topological polar surface area (TPSA) is 84.9 Å². The van der Waals surface area contributed by atoms with E-state index >= 15 is 0 Å². The Bertz CT molecular complexity index is 1250. The molecule has 0 bridgehead atoms. The van der Waals surface area contributed by atoms with E-state index in [0.717, 1.165) is 4.31 Å². The van der Waals surface area contributed by atoms with Gasteiger partial charge in [-0.3, -0.25) is 9.10 Å². The number of benzene rings is 3. The van der Waals surface area contributed by atoms with Crippen LogP contribution in [0.5, 0.6) is 11.5 Å². The summed E-state index contributed by atoms with van der Waals surface area (Å²) in [6.45, 7) is 6.47. The minimum Gasteiger partial charge on any atom is -0.497 e. The van der Waals surface area contributed by atoms with Gasteiger partial charge in [0.1, 0.15) is 24.7 Å². The highest BCUT2D eigenvalue weighted by molar-refractivity contribution is 7.92. The SMILES string of the molecule is COc1ccc(S(=O)(=O)N(CC(=O)NCCOc2ccc(C(C)(C)C)cc2)c2ccc(Cl)cc2)cc1. The smallest absolute Gasteiger partial charge is 0.264 e. The highest BCUT2D eigenvalue weighted by Gasteiger charge is 2.27. The van der Waals surface area contributed by atoms with Crippen LogP contribution in [0.3, 0.4) is 0 Å². The van der Waals surface area contributed by atoms with E-state index in [1.165, 1.54) is 24.8 Å². The van der Waals surface area contributed by atoms with Crippen LogP contribution in [0.1, 0.15) is 26.3 Å². The van der Waals surface area contributed by atoms with Gasteiger partial charge < -0.3 is 14.8 Å². The minimum atomic E-state index is -4.03. The van der Waals surface area contributed by atoms with Crippen LogP contribution < -0.4 is 19.1 Å². The number of carbonyl (C=O) groups excluding carboxylic acids is 1. The van der Waals surface area contributed by atoms with E-state index in [-0.39, 0.29) is 23.5 Å². The second-order valence-electron chi connectivity index (χ2n) is 9.14. The molecule has 9 heteroatoms. The number of hydrogen-bond acceptors (Lipinski definition) is 5. The van der Waals surface area contributed by atoms with Gasteiger partial charge >= 0.3 is 0 Å². The van der Waals surface area contributed by atoms with Crippen molar-refractivity contribution in [1.82, 2.24) is 5.32 Å². The zero-order valence-electron chi connectivity index (χ0n) is 20.8. The van der Waals surface area contributed by atoms with E-state index in [9.17, 15) is 13.2 Å². The molecule has 0 fully saturated rings. The molecule has 3 rings (SSSR count). The van der Waals surface area contributed by atoms with Gasteiger partial charge in [0, 0.05) is 5.02 Å². The molecule has 1 N–H and O–H groups in total. The summed E-state index contributed by atoms with van der Waals surface area (Å²) in [4.78, 5) is 12.8. The van der Waals surface area contributed by atoms with Gasteiger partial charge in [-0.1, -0.05) is 44.5 Å². The summed E-state index contributed by atoms with van der Waals surface area (Å²) in [6, 6.07) is 20.1. The molecule has 0 unspecified atom stereocenters. The molecule has 3 aromatic carbocycles.